The minimum atomic E-state index is -0.427. The molecule has 0 radical (unpaired) electrons. The third kappa shape index (κ3) is 3.63. The molecule has 1 rings (SSSR count). The molecule has 1 aromatic carbocycles. The van der Waals surface area contributed by atoms with Gasteiger partial charge in [-0.2, -0.15) is 0 Å². The highest BCUT2D eigenvalue weighted by molar-refractivity contribution is 6.17. The number of hydrogen-bond acceptors (Lipinski definition) is 4. The maximum absolute atomic E-state index is 10.6. The highest BCUT2D eigenvalue weighted by atomic mass is 16.5. The van der Waals surface area contributed by atoms with E-state index in [9.17, 15) is 4.79 Å². The van der Waals surface area contributed by atoms with Crippen molar-refractivity contribution in [1.82, 2.24) is 0 Å². The first kappa shape index (κ1) is 11.6. The summed E-state index contributed by atoms with van der Waals surface area (Å²) in [5.41, 5.74) is 0.455. The molecule has 0 aliphatic carbocycles. The Balaban J connectivity index is 2.94. The summed E-state index contributed by atoms with van der Waals surface area (Å²) in [5, 5.41) is 8.60. The van der Waals surface area contributed by atoms with Crippen molar-refractivity contribution in [3.8, 4) is 11.5 Å². The van der Waals surface area contributed by atoms with Crippen LogP contribution in [-0.4, -0.2) is 25.1 Å². The van der Waals surface area contributed by atoms with Crippen molar-refractivity contribution in [3.05, 3.63) is 23.8 Å². The van der Waals surface area contributed by atoms with Gasteiger partial charge in [-0.3, -0.25) is 4.79 Å². The lowest BCUT2D eigenvalue weighted by atomic mass is 10.2. The monoisotopic (exact) mass is 208 g/mol. The maximum atomic E-state index is 10.6. The Morgan fingerprint density at radius 1 is 1.33 bits per heavy atom. The first-order valence-corrected chi connectivity index (χ1v) is 4.66. The van der Waals surface area contributed by atoms with Crippen LogP contribution in [0.5, 0.6) is 11.5 Å². The number of ether oxygens (including phenoxy) is 1. The van der Waals surface area contributed by atoms with Gasteiger partial charge < -0.3 is 14.4 Å². The van der Waals surface area contributed by atoms with Crippen molar-refractivity contribution in [2.45, 2.75) is 20.0 Å². The zero-order chi connectivity index (χ0) is 11.3. The van der Waals surface area contributed by atoms with Gasteiger partial charge >= 0.3 is 7.69 Å². The summed E-state index contributed by atoms with van der Waals surface area (Å²) in [4.78, 5) is 10.6. The van der Waals surface area contributed by atoms with Crippen LogP contribution >= 0.6 is 0 Å². The van der Waals surface area contributed by atoms with E-state index in [1.165, 1.54) is 6.07 Å². The lowest BCUT2D eigenvalue weighted by molar-refractivity contribution is 0.112. The van der Waals surface area contributed by atoms with Gasteiger partial charge in [-0.05, 0) is 26.0 Å². The molecule has 0 aliphatic rings. The lowest BCUT2D eigenvalue weighted by Crippen LogP contribution is -2.07. The number of carbonyl (C=O) groups is 1. The Bertz CT molecular complexity index is 338. The van der Waals surface area contributed by atoms with Crippen LogP contribution in [-0.2, 0) is 0 Å². The van der Waals surface area contributed by atoms with Gasteiger partial charge in [0.25, 0.3) is 0 Å². The highest BCUT2D eigenvalue weighted by Gasteiger charge is 2.04. The van der Waals surface area contributed by atoms with Gasteiger partial charge in [0.15, 0.2) is 0 Å². The van der Waals surface area contributed by atoms with Crippen LogP contribution in [0.3, 0.4) is 0 Å². The van der Waals surface area contributed by atoms with Crippen molar-refractivity contribution in [3.63, 3.8) is 0 Å². The normalized spacial score (nSPS) is 9.87. The van der Waals surface area contributed by atoms with Crippen LogP contribution in [0.2, 0.25) is 0 Å². The van der Waals surface area contributed by atoms with Gasteiger partial charge in [0, 0.05) is 11.6 Å². The number of benzene rings is 1. The van der Waals surface area contributed by atoms with Crippen molar-refractivity contribution < 1.29 is 19.2 Å². The SMILES string of the molecule is CC(C)Oc1cc(C=O)cc(OBO)c1. The van der Waals surface area contributed by atoms with E-state index in [-0.39, 0.29) is 6.10 Å². The molecule has 0 aliphatic heterocycles. The summed E-state index contributed by atoms with van der Waals surface area (Å²) in [6.45, 7) is 3.78. The largest absolute Gasteiger partial charge is 0.539 e. The van der Waals surface area contributed by atoms with Gasteiger partial charge in [-0.15, -0.1) is 0 Å². The Labute approximate surface area is 89.1 Å². The van der Waals surface area contributed by atoms with Gasteiger partial charge in [0.2, 0.25) is 0 Å². The Morgan fingerprint density at radius 3 is 2.53 bits per heavy atom. The molecule has 0 amide bonds. The Morgan fingerprint density at radius 2 is 2.00 bits per heavy atom. The molecule has 0 heterocycles. The molecule has 0 atom stereocenters. The Kier molecular flexibility index (Phi) is 4.18. The molecule has 0 saturated heterocycles. The van der Waals surface area contributed by atoms with Crippen LogP contribution in [0.25, 0.3) is 0 Å². The first-order chi connectivity index (χ1) is 7.15. The molecular formula is C10H13BO4. The summed E-state index contributed by atoms with van der Waals surface area (Å²) in [5.74, 6) is 0.968. The summed E-state index contributed by atoms with van der Waals surface area (Å²) >= 11 is 0. The number of carbonyl (C=O) groups excluding carboxylic acids is 1. The van der Waals surface area contributed by atoms with E-state index in [1.807, 2.05) is 13.8 Å². The van der Waals surface area contributed by atoms with E-state index in [4.69, 9.17) is 14.4 Å². The molecule has 5 heteroatoms. The fourth-order valence-electron chi connectivity index (χ4n) is 1.16. The van der Waals surface area contributed by atoms with Crippen LogP contribution in [0.1, 0.15) is 24.2 Å². The summed E-state index contributed by atoms with van der Waals surface area (Å²) in [6.07, 6.45) is 0.728. The highest BCUT2D eigenvalue weighted by Crippen LogP contribution is 2.22. The zero-order valence-corrected chi connectivity index (χ0v) is 8.77. The second kappa shape index (κ2) is 5.41. The molecule has 15 heavy (non-hydrogen) atoms. The summed E-state index contributed by atoms with van der Waals surface area (Å²) < 4.78 is 10.3. The lowest BCUT2D eigenvalue weighted by Gasteiger charge is -2.11. The second-order valence-electron chi connectivity index (χ2n) is 3.30. The Hall–Kier alpha value is -1.49. The van der Waals surface area contributed by atoms with Crippen molar-refractivity contribution >= 4 is 14.0 Å². The number of rotatable bonds is 5. The predicted molar refractivity (Wildman–Crippen MR) is 57.6 cm³/mol. The van der Waals surface area contributed by atoms with E-state index in [0.717, 1.165) is 0 Å². The number of hydrogen-bond donors (Lipinski definition) is 1. The summed E-state index contributed by atoms with van der Waals surface area (Å²) in [6, 6.07) is 4.79. The average Bonchev–Trinajstić information content (AvgIpc) is 2.16. The van der Waals surface area contributed by atoms with Crippen LogP contribution in [0, 0.1) is 0 Å². The third-order valence-electron chi connectivity index (χ3n) is 1.64. The molecular weight excluding hydrogens is 195 g/mol. The van der Waals surface area contributed by atoms with Gasteiger partial charge in [0.1, 0.15) is 17.8 Å². The van der Waals surface area contributed by atoms with Gasteiger partial charge in [-0.25, -0.2) is 0 Å². The smallest absolute Gasteiger partial charge is 0.504 e. The minimum absolute atomic E-state index is 0.0221. The van der Waals surface area contributed by atoms with E-state index < -0.39 is 7.69 Å². The molecule has 80 valence electrons. The molecule has 0 spiro atoms. The standard InChI is InChI=1S/C10H13BO4/c1-7(2)14-9-3-8(6-12)4-10(5-9)15-11-13/h3-7,11,13H,1-2H3. The van der Waals surface area contributed by atoms with Crippen LogP contribution < -0.4 is 9.39 Å². The van der Waals surface area contributed by atoms with Crippen molar-refractivity contribution in [1.29, 1.82) is 0 Å². The molecule has 1 aromatic rings. The first-order valence-electron chi connectivity index (χ1n) is 4.66. The van der Waals surface area contributed by atoms with Crippen LogP contribution in [0.4, 0.5) is 0 Å². The van der Waals surface area contributed by atoms with Gasteiger partial charge in [-0.1, -0.05) is 0 Å². The fraction of sp³-hybridized carbons (Fsp3) is 0.300. The number of aldehydes is 1. The predicted octanol–water partition coefficient (Wildman–Crippen LogP) is 0.924. The molecule has 1 N–H and O–H groups in total. The third-order valence-corrected chi connectivity index (χ3v) is 1.64. The van der Waals surface area contributed by atoms with E-state index in [2.05, 4.69) is 0 Å². The summed E-state index contributed by atoms with van der Waals surface area (Å²) in [7, 11) is -0.427. The molecule has 0 saturated carbocycles. The van der Waals surface area contributed by atoms with E-state index in [1.54, 1.807) is 12.1 Å². The van der Waals surface area contributed by atoms with Crippen LogP contribution in [0.15, 0.2) is 18.2 Å². The van der Waals surface area contributed by atoms with E-state index >= 15 is 0 Å². The van der Waals surface area contributed by atoms with E-state index in [0.29, 0.717) is 23.3 Å². The average molecular weight is 208 g/mol. The molecule has 4 nitrogen and oxygen atoms in total. The minimum Gasteiger partial charge on any atom is -0.539 e. The quantitative estimate of drug-likeness (QED) is 0.577. The molecule has 0 bridgehead atoms. The fourth-order valence-corrected chi connectivity index (χ4v) is 1.16. The van der Waals surface area contributed by atoms with Crippen molar-refractivity contribution in [2.24, 2.45) is 0 Å². The zero-order valence-electron chi connectivity index (χ0n) is 8.77. The topological polar surface area (TPSA) is 55.8 Å². The maximum Gasteiger partial charge on any atom is 0.504 e. The second-order valence-corrected chi connectivity index (χ2v) is 3.30. The molecule has 0 fully saturated rings. The molecule has 0 aromatic heterocycles. The van der Waals surface area contributed by atoms with Crippen molar-refractivity contribution in [2.75, 3.05) is 0 Å². The molecule has 0 unspecified atom stereocenters. The van der Waals surface area contributed by atoms with Gasteiger partial charge in [0.05, 0.1) is 6.10 Å².